The van der Waals surface area contributed by atoms with Gasteiger partial charge in [0.2, 0.25) is 11.8 Å². The third-order valence-electron chi connectivity index (χ3n) is 8.19. The molecule has 1 saturated heterocycles. The van der Waals surface area contributed by atoms with Crippen molar-refractivity contribution < 1.29 is 14.4 Å². The van der Waals surface area contributed by atoms with Crippen molar-refractivity contribution in [1.82, 2.24) is 15.1 Å². The summed E-state index contributed by atoms with van der Waals surface area (Å²) in [6.45, 7) is 9.06. The lowest BCUT2D eigenvalue weighted by Gasteiger charge is -2.32. The van der Waals surface area contributed by atoms with Crippen LogP contribution in [0, 0.1) is 12.3 Å². The monoisotopic (exact) mass is 546 g/mol. The molecule has 1 aliphatic heterocycles. The summed E-state index contributed by atoms with van der Waals surface area (Å²) in [5.41, 5.74) is 8.70. The Bertz CT molecular complexity index is 1150. The standard InChI is InChI=1S/C33H46N4O3/c1-23-10-12-25(13-11-23)32(40)37-22-28(20-29(37)31(39)35-27-16-14-26(34)15-17-27)36(30(38)21-33(2,3)4)19-18-24-8-6-5-7-9-24/h5-13,26-29H,14-22,34H2,1-4H3,(H,35,39). The molecule has 3 amide bonds. The van der Waals surface area contributed by atoms with Crippen LogP contribution in [0.15, 0.2) is 54.6 Å². The lowest BCUT2D eigenvalue weighted by Crippen LogP contribution is -2.50. The van der Waals surface area contributed by atoms with Crippen LogP contribution in [0.1, 0.15) is 80.8 Å². The van der Waals surface area contributed by atoms with Crippen LogP contribution in [0.3, 0.4) is 0 Å². The summed E-state index contributed by atoms with van der Waals surface area (Å²) >= 11 is 0. The van der Waals surface area contributed by atoms with Gasteiger partial charge >= 0.3 is 0 Å². The fraction of sp³-hybridized carbons (Fsp3) is 0.545. The molecule has 2 aromatic rings. The largest absolute Gasteiger partial charge is 0.352 e. The Morgan fingerprint density at radius 3 is 2.25 bits per heavy atom. The van der Waals surface area contributed by atoms with E-state index in [4.69, 9.17) is 5.73 Å². The summed E-state index contributed by atoms with van der Waals surface area (Å²) in [6.07, 6.45) is 5.03. The van der Waals surface area contributed by atoms with Gasteiger partial charge in [-0.3, -0.25) is 14.4 Å². The average molecular weight is 547 g/mol. The normalized spacial score (nSPS) is 23.1. The molecule has 0 spiro atoms. The number of likely N-dealkylation sites (tertiary alicyclic amines) is 1. The van der Waals surface area contributed by atoms with Gasteiger partial charge in [-0.05, 0) is 68.6 Å². The Morgan fingerprint density at radius 1 is 0.975 bits per heavy atom. The van der Waals surface area contributed by atoms with E-state index in [0.29, 0.717) is 31.5 Å². The Morgan fingerprint density at radius 2 is 1.62 bits per heavy atom. The molecule has 2 aliphatic rings. The van der Waals surface area contributed by atoms with Crippen molar-refractivity contribution in [3.63, 3.8) is 0 Å². The minimum absolute atomic E-state index is 0.0680. The summed E-state index contributed by atoms with van der Waals surface area (Å²) in [7, 11) is 0. The molecular formula is C33H46N4O3. The zero-order chi connectivity index (χ0) is 28.9. The number of aryl methyl sites for hydroxylation is 1. The first-order valence-corrected chi connectivity index (χ1v) is 14.8. The van der Waals surface area contributed by atoms with E-state index in [9.17, 15) is 14.4 Å². The van der Waals surface area contributed by atoms with Gasteiger partial charge in [0, 0.05) is 37.2 Å². The number of nitrogens with zero attached hydrogens (tertiary/aromatic N) is 2. The Hall–Kier alpha value is -3.19. The predicted octanol–water partition coefficient (Wildman–Crippen LogP) is 4.47. The van der Waals surface area contributed by atoms with Crippen LogP contribution in [0.2, 0.25) is 0 Å². The maximum Gasteiger partial charge on any atom is 0.254 e. The van der Waals surface area contributed by atoms with E-state index in [2.05, 4.69) is 38.2 Å². The van der Waals surface area contributed by atoms with Crippen molar-refractivity contribution in [2.24, 2.45) is 11.1 Å². The number of amides is 3. The molecular weight excluding hydrogens is 500 g/mol. The smallest absolute Gasteiger partial charge is 0.254 e. The van der Waals surface area contributed by atoms with Crippen LogP contribution in [0.25, 0.3) is 0 Å². The summed E-state index contributed by atoms with van der Waals surface area (Å²) in [5, 5.41) is 3.22. The zero-order valence-corrected chi connectivity index (χ0v) is 24.6. The summed E-state index contributed by atoms with van der Waals surface area (Å²) in [5.74, 6) is -0.229. The third-order valence-corrected chi connectivity index (χ3v) is 8.19. The van der Waals surface area contributed by atoms with Crippen LogP contribution in [0.5, 0.6) is 0 Å². The molecule has 1 heterocycles. The minimum Gasteiger partial charge on any atom is -0.352 e. The van der Waals surface area contributed by atoms with Gasteiger partial charge in [0.05, 0.1) is 6.04 Å². The second kappa shape index (κ2) is 13.0. The first-order chi connectivity index (χ1) is 19.0. The molecule has 0 bridgehead atoms. The van der Waals surface area contributed by atoms with Gasteiger partial charge in [0.15, 0.2) is 0 Å². The number of carbonyl (C=O) groups is 3. The molecule has 2 atom stereocenters. The molecule has 1 aliphatic carbocycles. The van der Waals surface area contributed by atoms with Crippen molar-refractivity contribution in [3.05, 3.63) is 71.3 Å². The van der Waals surface area contributed by atoms with Crippen molar-refractivity contribution in [2.45, 2.75) is 96.8 Å². The third kappa shape index (κ3) is 7.94. The Kier molecular flexibility index (Phi) is 9.67. The maximum absolute atomic E-state index is 13.8. The molecule has 0 radical (unpaired) electrons. The van der Waals surface area contributed by atoms with E-state index in [-0.39, 0.29) is 41.3 Å². The molecule has 3 N–H and O–H groups in total. The molecule has 2 aromatic carbocycles. The molecule has 7 nitrogen and oxygen atoms in total. The van der Waals surface area contributed by atoms with E-state index in [1.54, 1.807) is 4.90 Å². The summed E-state index contributed by atoms with van der Waals surface area (Å²) < 4.78 is 0. The van der Waals surface area contributed by atoms with E-state index in [1.807, 2.05) is 54.3 Å². The lowest BCUT2D eigenvalue weighted by atomic mass is 9.91. The summed E-state index contributed by atoms with van der Waals surface area (Å²) in [4.78, 5) is 44.8. The molecule has 40 heavy (non-hydrogen) atoms. The molecule has 4 rings (SSSR count). The maximum atomic E-state index is 13.8. The highest BCUT2D eigenvalue weighted by molar-refractivity contribution is 5.98. The molecule has 0 aromatic heterocycles. The van der Waals surface area contributed by atoms with Crippen molar-refractivity contribution >= 4 is 17.7 Å². The Balaban J connectivity index is 1.58. The number of nitrogens with one attached hydrogen (secondary N) is 1. The second-order valence-corrected chi connectivity index (χ2v) is 12.9. The van der Waals surface area contributed by atoms with E-state index < -0.39 is 6.04 Å². The topological polar surface area (TPSA) is 95.7 Å². The van der Waals surface area contributed by atoms with Gasteiger partial charge < -0.3 is 20.9 Å². The second-order valence-electron chi connectivity index (χ2n) is 12.9. The molecule has 2 unspecified atom stereocenters. The van der Waals surface area contributed by atoms with E-state index in [0.717, 1.165) is 43.2 Å². The predicted molar refractivity (Wildman–Crippen MR) is 159 cm³/mol. The number of benzene rings is 2. The fourth-order valence-corrected chi connectivity index (χ4v) is 5.90. The van der Waals surface area contributed by atoms with Gasteiger partial charge in [-0.1, -0.05) is 68.8 Å². The van der Waals surface area contributed by atoms with Crippen LogP contribution in [-0.4, -0.2) is 64.8 Å². The quantitative estimate of drug-likeness (QED) is 0.511. The minimum atomic E-state index is -0.629. The van der Waals surface area contributed by atoms with E-state index in [1.165, 1.54) is 0 Å². The van der Waals surface area contributed by atoms with Gasteiger partial charge in [-0.25, -0.2) is 0 Å². The molecule has 1 saturated carbocycles. The Labute approximate surface area is 239 Å². The molecule has 216 valence electrons. The van der Waals surface area contributed by atoms with Gasteiger partial charge in [-0.2, -0.15) is 0 Å². The molecule has 7 heteroatoms. The van der Waals surface area contributed by atoms with Crippen molar-refractivity contribution in [3.8, 4) is 0 Å². The number of rotatable bonds is 8. The first-order valence-electron chi connectivity index (χ1n) is 14.8. The highest BCUT2D eigenvalue weighted by Gasteiger charge is 2.44. The van der Waals surface area contributed by atoms with Crippen molar-refractivity contribution in [2.75, 3.05) is 13.1 Å². The van der Waals surface area contributed by atoms with Gasteiger partial charge in [0.25, 0.3) is 5.91 Å². The number of carbonyl (C=O) groups excluding carboxylic acids is 3. The van der Waals surface area contributed by atoms with Crippen LogP contribution in [0.4, 0.5) is 0 Å². The average Bonchev–Trinajstić information content (AvgIpc) is 3.35. The molecule has 2 fully saturated rings. The number of nitrogens with two attached hydrogens (primary N) is 1. The van der Waals surface area contributed by atoms with Crippen LogP contribution >= 0.6 is 0 Å². The van der Waals surface area contributed by atoms with Crippen molar-refractivity contribution in [1.29, 1.82) is 0 Å². The van der Waals surface area contributed by atoms with Crippen LogP contribution < -0.4 is 11.1 Å². The lowest BCUT2D eigenvalue weighted by molar-refractivity contribution is -0.135. The number of hydrogen-bond donors (Lipinski definition) is 2. The zero-order valence-electron chi connectivity index (χ0n) is 24.6. The SMILES string of the molecule is Cc1ccc(C(=O)N2CC(N(CCc3ccccc3)C(=O)CC(C)(C)C)CC2C(=O)NC2CCC(N)CC2)cc1. The van der Waals surface area contributed by atoms with E-state index >= 15 is 0 Å². The van der Waals surface area contributed by atoms with Gasteiger partial charge in [0.1, 0.15) is 6.04 Å². The summed E-state index contributed by atoms with van der Waals surface area (Å²) in [6, 6.07) is 17.0. The first kappa shape index (κ1) is 29.8. The number of hydrogen-bond acceptors (Lipinski definition) is 4. The highest BCUT2D eigenvalue weighted by atomic mass is 16.2. The highest BCUT2D eigenvalue weighted by Crippen LogP contribution is 2.29. The van der Waals surface area contributed by atoms with Crippen LogP contribution in [-0.2, 0) is 16.0 Å². The van der Waals surface area contributed by atoms with Gasteiger partial charge in [-0.15, -0.1) is 0 Å². The fourth-order valence-electron chi connectivity index (χ4n) is 5.90.